The fourth-order valence-electron chi connectivity index (χ4n) is 1.65. The van der Waals surface area contributed by atoms with Gasteiger partial charge in [-0.2, -0.15) is 0 Å². The predicted molar refractivity (Wildman–Crippen MR) is 78.2 cm³/mol. The summed E-state index contributed by atoms with van der Waals surface area (Å²) < 4.78 is 10.9. The van der Waals surface area contributed by atoms with Crippen LogP contribution in [-0.2, 0) is 6.61 Å². The molecule has 5 heteroatoms. The summed E-state index contributed by atoms with van der Waals surface area (Å²) >= 11 is 12.1. The third-order valence-corrected chi connectivity index (χ3v) is 3.20. The molecular formula is C14H13Cl2NO2. The average Bonchev–Trinajstić information content (AvgIpc) is 2.39. The van der Waals surface area contributed by atoms with Crippen molar-refractivity contribution in [1.29, 1.82) is 0 Å². The highest BCUT2D eigenvalue weighted by Crippen LogP contribution is 2.33. The van der Waals surface area contributed by atoms with Crippen LogP contribution in [-0.4, -0.2) is 7.11 Å². The van der Waals surface area contributed by atoms with E-state index in [1.54, 1.807) is 37.4 Å². The number of hydrogen-bond acceptors (Lipinski definition) is 3. The number of ether oxygens (including phenoxy) is 2. The lowest BCUT2D eigenvalue weighted by atomic mass is 10.2. The van der Waals surface area contributed by atoms with E-state index in [4.69, 9.17) is 38.4 Å². The van der Waals surface area contributed by atoms with Crippen LogP contribution in [0, 0.1) is 0 Å². The van der Waals surface area contributed by atoms with Crippen LogP contribution < -0.4 is 15.2 Å². The highest BCUT2D eigenvalue weighted by Gasteiger charge is 2.09. The van der Waals surface area contributed by atoms with Crippen molar-refractivity contribution in [3.63, 3.8) is 0 Å². The Kier molecular flexibility index (Phi) is 4.40. The topological polar surface area (TPSA) is 44.5 Å². The largest absolute Gasteiger partial charge is 0.496 e. The Balaban J connectivity index is 2.19. The van der Waals surface area contributed by atoms with Crippen LogP contribution in [0.4, 0.5) is 5.69 Å². The Morgan fingerprint density at radius 2 is 1.79 bits per heavy atom. The molecule has 0 amide bonds. The molecule has 0 bridgehead atoms. The van der Waals surface area contributed by atoms with Gasteiger partial charge >= 0.3 is 0 Å². The Hall–Kier alpha value is -1.58. The van der Waals surface area contributed by atoms with E-state index >= 15 is 0 Å². The fourth-order valence-corrected chi connectivity index (χ4v) is 2.16. The van der Waals surface area contributed by atoms with E-state index in [2.05, 4.69) is 0 Å². The molecule has 0 heterocycles. The molecule has 0 saturated heterocycles. The molecule has 0 saturated carbocycles. The summed E-state index contributed by atoms with van der Waals surface area (Å²) in [4.78, 5) is 0. The first-order chi connectivity index (χ1) is 9.11. The molecule has 0 radical (unpaired) electrons. The molecule has 0 aromatic heterocycles. The SMILES string of the molecule is COc1cc(N)ccc1COc1c(Cl)cccc1Cl. The molecule has 0 spiro atoms. The molecule has 2 N–H and O–H groups in total. The molecule has 0 aliphatic heterocycles. The third kappa shape index (κ3) is 3.25. The first kappa shape index (κ1) is 13.8. The molecule has 2 aromatic carbocycles. The van der Waals surface area contributed by atoms with Crippen molar-refractivity contribution in [2.75, 3.05) is 12.8 Å². The van der Waals surface area contributed by atoms with Crippen molar-refractivity contribution in [2.24, 2.45) is 0 Å². The minimum atomic E-state index is 0.299. The van der Waals surface area contributed by atoms with Crippen molar-refractivity contribution >= 4 is 28.9 Å². The fraction of sp³-hybridized carbons (Fsp3) is 0.143. The zero-order valence-electron chi connectivity index (χ0n) is 10.3. The number of para-hydroxylation sites is 1. The van der Waals surface area contributed by atoms with Gasteiger partial charge in [-0.3, -0.25) is 0 Å². The maximum Gasteiger partial charge on any atom is 0.156 e. The van der Waals surface area contributed by atoms with Gasteiger partial charge in [0.15, 0.2) is 5.75 Å². The lowest BCUT2D eigenvalue weighted by molar-refractivity contribution is 0.297. The summed E-state index contributed by atoms with van der Waals surface area (Å²) in [6.07, 6.45) is 0. The second-order valence-electron chi connectivity index (χ2n) is 3.91. The van der Waals surface area contributed by atoms with Crippen LogP contribution in [0.1, 0.15) is 5.56 Å². The molecule has 3 nitrogen and oxygen atoms in total. The van der Waals surface area contributed by atoms with Gasteiger partial charge in [0.2, 0.25) is 0 Å². The number of rotatable bonds is 4. The molecule has 0 atom stereocenters. The number of nitrogen functional groups attached to an aromatic ring is 1. The van der Waals surface area contributed by atoms with E-state index in [-0.39, 0.29) is 0 Å². The Morgan fingerprint density at radius 3 is 2.42 bits per heavy atom. The van der Waals surface area contributed by atoms with E-state index in [1.807, 2.05) is 6.07 Å². The third-order valence-electron chi connectivity index (χ3n) is 2.60. The Morgan fingerprint density at radius 1 is 1.11 bits per heavy atom. The van der Waals surface area contributed by atoms with Crippen LogP contribution in [0.5, 0.6) is 11.5 Å². The Bertz CT molecular complexity index is 567. The number of halogens is 2. The molecule has 0 aliphatic rings. The van der Waals surface area contributed by atoms with Gasteiger partial charge in [0.05, 0.1) is 17.2 Å². The summed E-state index contributed by atoms with van der Waals surface area (Å²) in [6, 6.07) is 10.6. The smallest absolute Gasteiger partial charge is 0.156 e. The summed E-state index contributed by atoms with van der Waals surface area (Å²) in [6.45, 7) is 0.299. The second-order valence-corrected chi connectivity index (χ2v) is 4.73. The minimum Gasteiger partial charge on any atom is -0.496 e. The first-order valence-corrected chi connectivity index (χ1v) is 6.36. The lowest BCUT2D eigenvalue weighted by Crippen LogP contribution is -2.00. The van der Waals surface area contributed by atoms with Crippen molar-refractivity contribution in [3.05, 3.63) is 52.0 Å². The summed E-state index contributed by atoms with van der Waals surface area (Å²) in [5.41, 5.74) is 7.20. The van der Waals surface area contributed by atoms with Crippen LogP contribution >= 0.6 is 23.2 Å². The van der Waals surface area contributed by atoms with Gasteiger partial charge < -0.3 is 15.2 Å². The van der Waals surface area contributed by atoms with E-state index in [0.29, 0.717) is 33.8 Å². The maximum atomic E-state index is 6.03. The summed E-state index contributed by atoms with van der Waals surface area (Å²) in [7, 11) is 1.58. The summed E-state index contributed by atoms with van der Waals surface area (Å²) in [5.74, 6) is 1.13. The molecule has 100 valence electrons. The first-order valence-electron chi connectivity index (χ1n) is 5.61. The highest BCUT2D eigenvalue weighted by atomic mass is 35.5. The van der Waals surface area contributed by atoms with Gasteiger partial charge in [-0.05, 0) is 24.3 Å². The zero-order chi connectivity index (χ0) is 13.8. The van der Waals surface area contributed by atoms with Gasteiger partial charge in [-0.15, -0.1) is 0 Å². The average molecular weight is 298 g/mol. The molecular weight excluding hydrogens is 285 g/mol. The molecule has 0 fully saturated rings. The van der Waals surface area contributed by atoms with E-state index in [9.17, 15) is 0 Å². The number of methoxy groups -OCH3 is 1. The van der Waals surface area contributed by atoms with Gasteiger partial charge in [0.1, 0.15) is 12.4 Å². The highest BCUT2D eigenvalue weighted by molar-refractivity contribution is 6.37. The van der Waals surface area contributed by atoms with Crippen LogP contribution in [0.15, 0.2) is 36.4 Å². The maximum absolute atomic E-state index is 6.03. The van der Waals surface area contributed by atoms with E-state index in [1.165, 1.54) is 0 Å². The van der Waals surface area contributed by atoms with E-state index < -0.39 is 0 Å². The predicted octanol–water partition coefficient (Wildman–Crippen LogP) is 4.16. The van der Waals surface area contributed by atoms with E-state index in [0.717, 1.165) is 5.56 Å². The molecule has 2 aromatic rings. The van der Waals surface area contributed by atoms with Crippen molar-refractivity contribution < 1.29 is 9.47 Å². The lowest BCUT2D eigenvalue weighted by Gasteiger charge is -2.12. The monoisotopic (exact) mass is 297 g/mol. The van der Waals surface area contributed by atoms with Gasteiger partial charge in [-0.1, -0.05) is 29.3 Å². The van der Waals surface area contributed by atoms with Crippen LogP contribution in [0.25, 0.3) is 0 Å². The van der Waals surface area contributed by atoms with Crippen molar-refractivity contribution in [3.8, 4) is 11.5 Å². The molecule has 0 aliphatic carbocycles. The molecule has 0 unspecified atom stereocenters. The van der Waals surface area contributed by atoms with Crippen molar-refractivity contribution in [2.45, 2.75) is 6.61 Å². The van der Waals surface area contributed by atoms with Crippen molar-refractivity contribution in [1.82, 2.24) is 0 Å². The standard InChI is InChI=1S/C14H13Cl2NO2/c1-18-13-7-10(17)6-5-9(13)8-19-14-11(15)3-2-4-12(14)16/h2-7H,8,17H2,1H3. The van der Waals surface area contributed by atoms with Gasteiger partial charge in [0.25, 0.3) is 0 Å². The zero-order valence-corrected chi connectivity index (χ0v) is 11.8. The number of nitrogens with two attached hydrogens (primary N) is 1. The molecule has 19 heavy (non-hydrogen) atoms. The summed E-state index contributed by atoms with van der Waals surface area (Å²) in [5, 5.41) is 0.948. The van der Waals surface area contributed by atoms with Crippen LogP contribution in [0.2, 0.25) is 10.0 Å². The second kappa shape index (κ2) is 6.04. The Labute approximate surface area is 121 Å². The quantitative estimate of drug-likeness (QED) is 0.862. The number of benzene rings is 2. The molecule has 2 rings (SSSR count). The number of anilines is 1. The van der Waals surface area contributed by atoms with Crippen LogP contribution in [0.3, 0.4) is 0 Å². The number of hydrogen-bond donors (Lipinski definition) is 1. The van der Waals surface area contributed by atoms with Gasteiger partial charge in [-0.25, -0.2) is 0 Å². The normalized spacial score (nSPS) is 10.3. The minimum absolute atomic E-state index is 0.299. The van der Waals surface area contributed by atoms with Gasteiger partial charge in [0, 0.05) is 17.3 Å².